The molecule has 5 nitrogen and oxygen atoms in total. The van der Waals surface area contributed by atoms with E-state index in [2.05, 4.69) is 52.2 Å². The van der Waals surface area contributed by atoms with Gasteiger partial charge in [-0.2, -0.15) is 5.26 Å². The molecule has 0 aliphatic rings. The number of nitrogens with one attached hydrogen (secondary N) is 1. The smallest absolute Gasteiger partial charge is 0.266 e. The lowest BCUT2D eigenvalue weighted by atomic mass is 10.1. The number of nitriles is 1. The Balaban J connectivity index is 1.55. The fourth-order valence-electron chi connectivity index (χ4n) is 3.84. The molecule has 36 heavy (non-hydrogen) atoms. The number of fused-ring (bicyclic) bond motifs is 1. The molecule has 1 N–H and O–H groups in total. The lowest BCUT2D eigenvalue weighted by molar-refractivity contribution is -0.112. The molecule has 4 rings (SSSR count). The Labute approximate surface area is 224 Å². The molecule has 0 atom stereocenters. The maximum atomic E-state index is 12.8. The Hall–Kier alpha value is -3.83. The van der Waals surface area contributed by atoms with E-state index in [4.69, 9.17) is 9.47 Å². The highest BCUT2D eigenvalue weighted by Gasteiger charge is 2.15. The zero-order valence-electron chi connectivity index (χ0n) is 20.3. The molecular weight excluding hydrogens is 563 g/mol. The molecule has 0 radical (unpaired) electrons. The van der Waals surface area contributed by atoms with E-state index in [0.717, 1.165) is 25.6 Å². The molecule has 0 aromatic heterocycles. The molecule has 0 aliphatic carbocycles. The zero-order valence-corrected chi connectivity index (χ0v) is 22.4. The summed E-state index contributed by atoms with van der Waals surface area (Å²) < 4.78 is 12.5. The predicted octanol–water partition coefficient (Wildman–Crippen LogP) is 7.19. The number of methoxy groups -OCH3 is 1. The maximum absolute atomic E-state index is 12.8. The zero-order chi connectivity index (χ0) is 25.7. The van der Waals surface area contributed by atoms with Crippen LogP contribution in [-0.4, -0.2) is 13.0 Å². The molecule has 6 heteroatoms. The number of ether oxygens (including phenoxy) is 2. The van der Waals surface area contributed by atoms with E-state index in [-0.39, 0.29) is 5.57 Å². The molecule has 180 valence electrons. The lowest BCUT2D eigenvalue weighted by Gasteiger charge is -2.14. The van der Waals surface area contributed by atoms with Gasteiger partial charge in [0, 0.05) is 5.69 Å². The Morgan fingerprint density at radius 3 is 2.56 bits per heavy atom. The van der Waals surface area contributed by atoms with Crippen molar-refractivity contribution in [1.82, 2.24) is 0 Å². The number of carbonyl (C=O) groups excluding carboxylic acids is 1. The highest BCUT2D eigenvalue weighted by Crippen LogP contribution is 2.35. The fourth-order valence-corrected chi connectivity index (χ4v) is 4.62. The van der Waals surface area contributed by atoms with Crippen molar-refractivity contribution in [2.24, 2.45) is 0 Å². The van der Waals surface area contributed by atoms with Crippen LogP contribution in [0.5, 0.6) is 11.5 Å². The highest BCUT2D eigenvalue weighted by molar-refractivity contribution is 14.1. The lowest BCUT2D eigenvalue weighted by Crippen LogP contribution is -2.14. The first-order chi connectivity index (χ1) is 17.4. The molecule has 0 unspecified atom stereocenters. The van der Waals surface area contributed by atoms with Gasteiger partial charge in [-0.15, -0.1) is 0 Å². The van der Waals surface area contributed by atoms with Crippen molar-refractivity contribution in [3.8, 4) is 17.6 Å². The van der Waals surface area contributed by atoms with Crippen LogP contribution in [0.15, 0.2) is 78.4 Å². The number of hydrogen-bond donors (Lipinski definition) is 1. The number of anilines is 1. The first-order valence-electron chi connectivity index (χ1n) is 11.4. The van der Waals surface area contributed by atoms with Crippen LogP contribution in [-0.2, 0) is 11.4 Å². The van der Waals surface area contributed by atoms with Crippen LogP contribution in [0.4, 0.5) is 5.69 Å². The number of carbonyl (C=O) groups is 1. The summed E-state index contributed by atoms with van der Waals surface area (Å²) >= 11 is 2.18. The predicted molar refractivity (Wildman–Crippen MR) is 152 cm³/mol. The van der Waals surface area contributed by atoms with Crippen LogP contribution in [0.25, 0.3) is 16.8 Å². The summed E-state index contributed by atoms with van der Waals surface area (Å²) in [6.07, 6.45) is 1.55. The maximum Gasteiger partial charge on any atom is 0.266 e. The monoisotopic (exact) mass is 588 g/mol. The summed E-state index contributed by atoms with van der Waals surface area (Å²) in [6, 6.07) is 25.7. The second kappa shape index (κ2) is 11.3. The van der Waals surface area contributed by atoms with Crippen LogP contribution in [0.1, 0.15) is 22.3 Å². The van der Waals surface area contributed by atoms with Gasteiger partial charge in [-0.05, 0) is 99.8 Å². The van der Waals surface area contributed by atoms with Gasteiger partial charge in [-0.3, -0.25) is 4.79 Å². The van der Waals surface area contributed by atoms with E-state index in [9.17, 15) is 10.1 Å². The summed E-state index contributed by atoms with van der Waals surface area (Å²) in [4.78, 5) is 12.8. The van der Waals surface area contributed by atoms with Gasteiger partial charge in [0.05, 0.1) is 10.7 Å². The summed E-state index contributed by atoms with van der Waals surface area (Å²) in [6.45, 7) is 4.29. The highest BCUT2D eigenvalue weighted by atomic mass is 127. The number of hydrogen-bond acceptors (Lipinski definition) is 4. The number of halogens is 1. The Morgan fingerprint density at radius 2 is 1.81 bits per heavy atom. The topological polar surface area (TPSA) is 71.3 Å². The average molecular weight is 588 g/mol. The first-order valence-corrected chi connectivity index (χ1v) is 12.4. The molecule has 0 heterocycles. The second-order valence-electron chi connectivity index (χ2n) is 8.38. The van der Waals surface area contributed by atoms with Crippen molar-refractivity contribution in [3.05, 3.63) is 104 Å². The standard InChI is InChI=1S/C30H25IN2O3/c1-19-7-6-10-27(20(19)2)33-30(34)25(17-32)14-22-15-26(31)29(28(16-22)35-3)36-18-21-11-12-23-8-4-5-9-24(23)13-21/h4-16H,18H2,1-3H3,(H,33,34)/b25-14+. The fraction of sp³-hybridized carbons (Fsp3) is 0.133. The molecule has 4 aromatic carbocycles. The third-order valence-electron chi connectivity index (χ3n) is 5.98. The third-order valence-corrected chi connectivity index (χ3v) is 6.78. The Morgan fingerprint density at radius 1 is 1.03 bits per heavy atom. The van der Waals surface area contributed by atoms with Crippen molar-refractivity contribution >= 4 is 51.0 Å². The van der Waals surface area contributed by atoms with Crippen molar-refractivity contribution in [2.75, 3.05) is 12.4 Å². The van der Waals surface area contributed by atoms with Crippen molar-refractivity contribution in [1.29, 1.82) is 5.26 Å². The first kappa shape index (κ1) is 25.3. The SMILES string of the molecule is COc1cc(/C=C(\C#N)C(=O)Nc2cccc(C)c2C)cc(I)c1OCc1ccc2ccccc2c1. The number of amides is 1. The third kappa shape index (κ3) is 5.69. The van der Waals surface area contributed by atoms with Gasteiger partial charge in [-0.25, -0.2) is 0 Å². The van der Waals surface area contributed by atoms with Gasteiger partial charge in [0.2, 0.25) is 0 Å². The molecule has 0 spiro atoms. The van der Waals surface area contributed by atoms with Crippen LogP contribution in [0, 0.1) is 28.7 Å². The molecular formula is C30H25IN2O3. The summed E-state index contributed by atoms with van der Waals surface area (Å²) in [5.74, 6) is 0.680. The molecule has 0 saturated heterocycles. The van der Waals surface area contributed by atoms with E-state index in [1.54, 1.807) is 19.3 Å². The van der Waals surface area contributed by atoms with Crippen molar-refractivity contribution < 1.29 is 14.3 Å². The van der Waals surface area contributed by atoms with E-state index in [1.165, 1.54) is 5.39 Å². The molecule has 0 fully saturated rings. The van der Waals surface area contributed by atoms with Gasteiger partial charge in [0.15, 0.2) is 11.5 Å². The van der Waals surface area contributed by atoms with E-state index in [0.29, 0.717) is 29.4 Å². The number of benzene rings is 4. The minimum Gasteiger partial charge on any atom is -0.493 e. The van der Waals surface area contributed by atoms with Gasteiger partial charge in [0.1, 0.15) is 18.2 Å². The minimum atomic E-state index is -0.461. The average Bonchev–Trinajstić information content (AvgIpc) is 2.88. The molecule has 0 bridgehead atoms. The van der Waals surface area contributed by atoms with Crippen LogP contribution in [0.2, 0.25) is 0 Å². The van der Waals surface area contributed by atoms with Crippen LogP contribution >= 0.6 is 22.6 Å². The van der Waals surface area contributed by atoms with E-state index >= 15 is 0 Å². The van der Waals surface area contributed by atoms with Gasteiger partial charge in [0.25, 0.3) is 5.91 Å². The Bertz CT molecular complexity index is 1520. The summed E-state index contributed by atoms with van der Waals surface area (Å²) in [7, 11) is 1.57. The molecule has 4 aromatic rings. The summed E-state index contributed by atoms with van der Waals surface area (Å²) in [5, 5.41) is 14.8. The Kier molecular flexibility index (Phi) is 7.91. The van der Waals surface area contributed by atoms with E-state index < -0.39 is 5.91 Å². The number of nitrogens with zero attached hydrogens (tertiary/aromatic N) is 1. The van der Waals surface area contributed by atoms with Crippen LogP contribution in [0.3, 0.4) is 0 Å². The van der Waals surface area contributed by atoms with Crippen molar-refractivity contribution in [2.45, 2.75) is 20.5 Å². The number of rotatable bonds is 7. The summed E-state index contributed by atoms with van der Waals surface area (Å²) in [5.41, 5.74) is 4.43. The minimum absolute atomic E-state index is 0.00130. The van der Waals surface area contributed by atoms with Crippen LogP contribution < -0.4 is 14.8 Å². The normalized spacial score (nSPS) is 11.1. The molecule has 0 aliphatic heterocycles. The van der Waals surface area contributed by atoms with Gasteiger partial charge < -0.3 is 14.8 Å². The molecule has 0 saturated carbocycles. The molecule has 1 amide bonds. The van der Waals surface area contributed by atoms with Gasteiger partial charge in [-0.1, -0.05) is 48.5 Å². The van der Waals surface area contributed by atoms with Crippen molar-refractivity contribution in [3.63, 3.8) is 0 Å². The van der Waals surface area contributed by atoms with Gasteiger partial charge >= 0.3 is 0 Å². The number of aryl methyl sites for hydroxylation is 1. The largest absolute Gasteiger partial charge is 0.493 e. The quantitative estimate of drug-likeness (QED) is 0.141. The van der Waals surface area contributed by atoms with E-state index in [1.807, 2.05) is 62.4 Å². The second-order valence-corrected chi connectivity index (χ2v) is 9.54.